The predicted octanol–water partition coefficient (Wildman–Crippen LogP) is 0.430. The SMILES string of the molecule is O=C(CNc1ccc(C(=O)N2CCOCC2)cc1)N1CCOCC1. The fourth-order valence-electron chi connectivity index (χ4n) is 2.78. The third-order valence-corrected chi connectivity index (χ3v) is 4.24. The Balaban J connectivity index is 1.50. The number of anilines is 1. The van der Waals surface area contributed by atoms with Crippen molar-refractivity contribution in [2.24, 2.45) is 0 Å². The minimum atomic E-state index is 0.0224. The molecule has 2 heterocycles. The molecule has 2 amide bonds. The Bertz CT molecular complexity index is 564. The molecule has 0 saturated carbocycles. The first-order valence-electron chi connectivity index (χ1n) is 8.30. The molecule has 1 aromatic carbocycles. The van der Waals surface area contributed by atoms with E-state index in [1.54, 1.807) is 21.9 Å². The monoisotopic (exact) mass is 333 g/mol. The van der Waals surface area contributed by atoms with Gasteiger partial charge in [0.15, 0.2) is 0 Å². The highest BCUT2D eigenvalue weighted by atomic mass is 16.5. The maximum Gasteiger partial charge on any atom is 0.254 e. The van der Waals surface area contributed by atoms with Crippen molar-refractivity contribution in [1.29, 1.82) is 0 Å². The van der Waals surface area contributed by atoms with Crippen molar-refractivity contribution < 1.29 is 19.1 Å². The summed E-state index contributed by atoms with van der Waals surface area (Å²) < 4.78 is 10.5. The number of ether oxygens (including phenoxy) is 2. The summed E-state index contributed by atoms with van der Waals surface area (Å²) in [5.41, 5.74) is 1.48. The Labute approximate surface area is 141 Å². The Morgan fingerprint density at radius 3 is 2.00 bits per heavy atom. The van der Waals surface area contributed by atoms with Gasteiger partial charge in [-0.2, -0.15) is 0 Å². The first-order chi connectivity index (χ1) is 11.7. The summed E-state index contributed by atoms with van der Waals surface area (Å²) in [5.74, 6) is 0.0843. The molecule has 7 heteroatoms. The molecule has 7 nitrogen and oxygen atoms in total. The van der Waals surface area contributed by atoms with Crippen LogP contribution >= 0.6 is 0 Å². The Hall–Kier alpha value is -2.12. The summed E-state index contributed by atoms with van der Waals surface area (Å²) >= 11 is 0. The lowest BCUT2D eigenvalue weighted by Crippen LogP contribution is -2.43. The van der Waals surface area contributed by atoms with Gasteiger partial charge >= 0.3 is 0 Å². The zero-order valence-electron chi connectivity index (χ0n) is 13.7. The van der Waals surface area contributed by atoms with Gasteiger partial charge in [0.05, 0.1) is 33.0 Å². The van der Waals surface area contributed by atoms with Gasteiger partial charge in [-0.25, -0.2) is 0 Å². The second-order valence-corrected chi connectivity index (χ2v) is 5.83. The first kappa shape index (κ1) is 16.7. The lowest BCUT2D eigenvalue weighted by molar-refractivity contribution is -0.133. The molecule has 0 bridgehead atoms. The topological polar surface area (TPSA) is 71.1 Å². The van der Waals surface area contributed by atoms with Gasteiger partial charge in [0, 0.05) is 37.4 Å². The van der Waals surface area contributed by atoms with Crippen LogP contribution in [0, 0.1) is 0 Å². The molecule has 130 valence electrons. The van der Waals surface area contributed by atoms with Gasteiger partial charge in [-0.3, -0.25) is 9.59 Å². The van der Waals surface area contributed by atoms with E-state index < -0.39 is 0 Å². The van der Waals surface area contributed by atoms with Crippen molar-refractivity contribution in [3.8, 4) is 0 Å². The zero-order valence-corrected chi connectivity index (χ0v) is 13.7. The van der Waals surface area contributed by atoms with Gasteiger partial charge in [0.1, 0.15) is 0 Å². The van der Waals surface area contributed by atoms with Crippen LogP contribution < -0.4 is 5.32 Å². The average Bonchev–Trinajstić information content (AvgIpc) is 2.67. The van der Waals surface area contributed by atoms with Crippen molar-refractivity contribution in [2.45, 2.75) is 0 Å². The standard InChI is InChI=1S/C17H23N3O4/c21-16(19-5-9-23-10-6-19)13-18-15-3-1-14(2-4-15)17(22)20-7-11-24-12-8-20/h1-4,18H,5-13H2. The van der Waals surface area contributed by atoms with Crippen LogP contribution in [0.2, 0.25) is 0 Å². The minimum Gasteiger partial charge on any atom is -0.378 e. The third kappa shape index (κ3) is 4.24. The number of nitrogens with one attached hydrogen (secondary N) is 1. The molecule has 2 aliphatic rings. The van der Waals surface area contributed by atoms with Crippen molar-refractivity contribution in [2.75, 3.05) is 64.5 Å². The van der Waals surface area contributed by atoms with E-state index in [-0.39, 0.29) is 18.4 Å². The van der Waals surface area contributed by atoms with Crippen LogP contribution in [-0.2, 0) is 14.3 Å². The van der Waals surface area contributed by atoms with Gasteiger partial charge in [0.25, 0.3) is 5.91 Å². The number of nitrogens with zero attached hydrogens (tertiary/aromatic N) is 2. The van der Waals surface area contributed by atoms with E-state index in [4.69, 9.17) is 9.47 Å². The molecule has 1 N–H and O–H groups in total. The lowest BCUT2D eigenvalue weighted by Gasteiger charge is -2.27. The molecular formula is C17H23N3O4. The van der Waals surface area contributed by atoms with Gasteiger partial charge < -0.3 is 24.6 Å². The normalized spacial score (nSPS) is 18.3. The third-order valence-electron chi connectivity index (χ3n) is 4.24. The van der Waals surface area contributed by atoms with Crippen molar-refractivity contribution in [1.82, 2.24) is 9.80 Å². The van der Waals surface area contributed by atoms with E-state index in [2.05, 4.69) is 5.32 Å². The van der Waals surface area contributed by atoms with Crippen LogP contribution in [0.3, 0.4) is 0 Å². The molecule has 24 heavy (non-hydrogen) atoms. The highest BCUT2D eigenvalue weighted by molar-refractivity contribution is 5.94. The summed E-state index contributed by atoms with van der Waals surface area (Å²) in [6.07, 6.45) is 0. The van der Waals surface area contributed by atoms with Crippen LogP contribution in [0.4, 0.5) is 5.69 Å². The summed E-state index contributed by atoms with van der Waals surface area (Å²) in [7, 11) is 0. The average molecular weight is 333 g/mol. The van der Waals surface area contributed by atoms with Crippen molar-refractivity contribution >= 4 is 17.5 Å². The minimum absolute atomic E-state index is 0.0224. The Kier molecular flexibility index (Phi) is 5.66. The van der Waals surface area contributed by atoms with E-state index in [0.29, 0.717) is 58.2 Å². The quantitative estimate of drug-likeness (QED) is 0.865. The number of carbonyl (C=O) groups is 2. The van der Waals surface area contributed by atoms with Crippen LogP contribution in [0.1, 0.15) is 10.4 Å². The molecule has 0 radical (unpaired) electrons. The van der Waals surface area contributed by atoms with Gasteiger partial charge in [-0.15, -0.1) is 0 Å². The second kappa shape index (κ2) is 8.12. The molecule has 2 fully saturated rings. The molecule has 1 aromatic rings. The number of carbonyl (C=O) groups excluding carboxylic acids is 2. The van der Waals surface area contributed by atoms with Gasteiger partial charge in [0.2, 0.25) is 5.91 Å². The molecule has 2 saturated heterocycles. The summed E-state index contributed by atoms with van der Waals surface area (Å²) in [5, 5.41) is 3.11. The molecule has 2 aliphatic heterocycles. The predicted molar refractivity (Wildman–Crippen MR) is 89.1 cm³/mol. The van der Waals surface area contributed by atoms with Crippen molar-refractivity contribution in [3.63, 3.8) is 0 Å². The van der Waals surface area contributed by atoms with E-state index in [1.807, 2.05) is 12.1 Å². The molecule has 0 spiro atoms. The fourth-order valence-corrected chi connectivity index (χ4v) is 2.78. The maximum absolute atomic E-state index is 12.4. The molecular weight excluding hydrogens is 310 g/mol. The Morgan fingerprint density at radius 1 is 0.875 bits per heavy atom. The van der Waals surface area contributed by atoms with Gasteiger partial charge in [-0.1, -0.05) is 0 Å². The van der Waals surface area contributed by atoms with Crippen LogP contribution in [0.15, 0.2) is 24.3 Å². The first-order valence-corrected chi connectivity index (χ1v) is 8.30. The van der Waals surface area contributed by atoms with E-state index in [0.717, 1.165) is 5.69 Å². The number of hydrogen-bond acceptors (Lipinski definition) is 5. The fraction of sp³-hybridized carbons (Fsp3) is 0.529. The molecule has 0 aliphatic carbocycles. The van der Waals surface area contributed by atoms with E-state index >= 15 is 0 Å². The van der Waals surface area contributed by atoms with Gasteiger partial charge in [-0.05, 0) is 24.3 Å². The summed E-state index contributed by atoms with van der Waals surface area (Å²) in [6.45, 7) is 5.19. The molecule has 0 unspecified atom stereocenters. The summed E-state index contributed by atoms with van der Waals surface area (Å²) in [4.78, 5) is 28.0. The number of amides is 2. The zero-order chi connectivity index (χ0) is 16.8. The Morgan fingerprint density at radius 2 is 1.42 bits per heavy atom. The van der Waals surface area contributed by atoms with E-state index in [1.165, 1.54) is 0 Å². The lowest BCUT2D eigenvalue weighted by atomic mass is 10.1. The van der Waals surface area contributed by atoms with E-state index in [9.17, 15) is 9.59 Å². The number of hydrogen-bond donors (Lipinski definition) is 1. The molecule has 3 rings (SSSR count). The number of morpholine rings is 2. The second-order valence-electron chi connectivity index (χ2n) is 5.83. The number of rotatable bonds is 4. The molecule has 0 atom stereocenters. The summed E-state index contributed by atoms with van der Waals surface area (Å²) in [6, 6.07) is 7.25. The molecule has 0 aromatic heterocycles. The van der Waals surface area contributed by atoms with Crippen molar-refractivity contribution in [3.05, 3.63) is 29.8 Å². The smallest absolute Gasteiger partial charge is 0.254 e. The largest absolute Gasteiger partial charge is 0.378 e. The van der Waals surface area contributed by atoms with Crippen LogP contribution in [-0.4, -0.2) is 80.8 Å². The van der Waals surface area contributed by atoms with Crippen LogP contribution in [0.25, 0.3) is 0 Å². The highest BCUT2D eigenvalue weighted by Gasteiger charge is 2.19. The maximum atomic E-state index is 12.4. The number of benzene rings is 1. The van der Waals surface area contributed by atoms with Crippen LogP contribution in [0.5, 0.6) is 0 Å². The highest BCUT2D eigenvalue weighted by Crippen LogP contribution is 2.13.